The number of hydrogen-bond acceptors (Lipinski definition) is 1. The van der Waals surface area contributed by atoms with Crippen LogP contribution in [0.15, 0.2) is 61.2 Å². The van der Waals surface area contributed by atoms with Gasteiger partial charge in [0.15, 0.2) is 0 Å². The van der Waals surface area contributed by atoms with Crippen LogP contribution in [0.2, 0.25) is 0 Å². The van der Waals surface area contributed by atoms with Crippen LogP contribution in [0.3, 0.4) is 0 Å². The van der Waals surface area contributed by atoms with Gasteiger partial charge < -0.3 is 4.90 Å². The average Bonchev–Trinajstić information content (AvgIpc) is 2.52. The lowest BCUT2D eigenvalue weighted by Gasteiger charge is -2.11. The van der Waals surface area contributed by atoms with Crippen molar-refractivity contribution >= 4 is 17.3 Å². The summed E-state index contributed by atoms with van der Waals surface area (Å²) < 4.78 is 38.2. The molecule has 2 aromatic carbocycles. The Hall–Kier alpha value is -2.49. The summed E-state index contributed by atoms with van der Waals surface area (Å²) in [7, 11) is 3.92. The topological polar surface area (TPSA) is 3.24 Å². The van der Waals surface area contributed by atoms with Gasteiger partial charge in [-0.1, -0.05) is 43.0 Å². The molecule has 120 valence electrons. The van der Waals surface area contributed by atoms with E-state index in [0.717, 1.165) is 23.4 Å². The quantitative estimate of drug-likeness (QED) is 0.673. The fraction of sp³-hybridized carbons (Fsp3) is 0.158. The summed E-state index contributed by atoms with van der Waals surface area (Å²) in [6.45, 7) is 3.85. The van der Waals surface area contributed by atoms with Gasteiger partial charge in [-0.15, -0.1) is 0 Å². The lowest BCUT2D eigenvalue weighted by atomic mass is 10.0. The van der Waals surface area contributed by atoms with Crippen molar-refractivity contribution < 1.29 is 13.2 Å². The van der Waals surface area contributed by atoms with E-state index in [-0.39, 0.29) is 0 Å². The Bertz CT molecular complexity index is 710. The molecule has 0 amide bonds. The standard InChI is InChI=1S/C19H18F3N/c1-14(16-5-4-6-17(13-16)19(20,21)22)7-8-15-9-11-18(12-10-15)23(2)3/h4-13H,1H2,2-3H3/b8-7+. The molecule has 0 radical (unpaired) electrons. The van der Waals surface area contributed by atoms with Crippen molar-refractivity contribution in [2.75, 3.05) is 19.0 Å². The fourth-order valence-electron chi connectivity index (χ4n) is 2.07. The van der Waals surface area contributed by atoms with Crippen LogP contribution in [-0.2, 0) is 6.18 Å². The van der Waals surface area contributed by atoms with E-state index in [0.29, 0.717) is 11.1 Å². The number of nitrogens with zero attached hydrogens (tertiary/aromatic N) is 1. The molecule has 0 aromatic heterocycles. The Morgan fingerprint density at radius 1 is 1.04 bits per heavy atom. The molecule has 2 aromatic rings. The van der Waals surface area contributed by atoms with Crippen molar-refractivity contribution in [1.29, 1.82) is 0 Å². The molecular weight excluding hydrogens is 299 g/mol. The summed E-state index contributed by atoms with van der Waals surface area (Å²) in [6, 6.07) is 13.0. The van der Waals surface area contributed by atoms with E-state index >= 15 is 0 Å². The summed E-state index contributed by atoms with van der Waals surface area (Å²) in [4.78, 5) is 2.00. The van der Waals surface area contributed by atoms with Gasteiger partial charge in [-0.3, -0.25) is 0 Å². The van der Waals surface area contributed by atoms with Crippen LogP contribution < -0.4 is 4.90 Å². The number of allylic oxidation sites excluding steroid dienone is 2. The molecule has 0 heterocycles. The minimum Gasteiger partial charge on any atom is -0.378 e. The van der Waals surface area contributed by atoms with E-state index in [1.165, 1.54) is 6.07 Å². The second-order valence-corrected chi connectivity index (χ2v) is 5.42. The van der Waals surface area contributed by atoms with Crippen LogP contribution in [0.4, 0.5) is 18.9 Å². The van der Waals surface area contributed by atoms with Crippen molar-refractivity contribution in [3.05, 3.63) is 77.9 Å². The highest BCUT2D eigenvalue weighted by molar-refractivity contribution is 5.77. The zero-order valence-electron chi connectivity index (χ0n) is 13.1. The minimum absolute atomic E-state index is 0.459. The van der Waals surface area contributed by atoms with Gasteiger partial charge in [-0.2, -0.15) is 13.2 Å². The number of rotatable bonds is 4. The first-order valence-electron chi connectivity index (χ1n) is 7.09. The molecule has 1 nitrogen and oxygen atoms in total. The monoisotopic (exact) mass is 317 g/mol. The molecule has 23 heavy (non-hydrogen) atoms. The average molecular weight is 317 g/mol. The summed E-state index contributed by atoms with van der Waals surface area (Å²) in [5.41, 5.74) is 2.37. The van der Waals surface area contributed by atoms with Crippen molar-refractivity contribution in [3.63, 3.8) is 0 Å². The highest BCUT2D eigenvalue weighted by Gasteiger charge is 2.30. The Morgan fingerprint density at radius 3 is 2.26 bits per heavy atom. The van der Waals surface area contributed by atoms with E-state index in [4.69, 9.17) is 0 Å². The normalized spacial score (nSPS) is 11.7. The molecule has 0 aliphatic heterocycles. The molecule has 2 rings (SSSR count). The van der Waals surface area contributed by atoms with E-state index in [1.807, 2.05) is 49.3 Å². The van der Waals surface area contributed by atoms with Crippen molar-refractivity contribution in [2.24, 2.45) is 0 Å². The highest BCUT2D eigenvalue weighted by Crippen LogP contribution is 2.31. The van der Waals surface area contributed by atoms with Gasteiger partial charge in [0.25, 0.3) is 0 Å². The molecule has 0 aliphatic rings. The van der Waals surface area contributed by atoms with Crippen LogP contribution in [-0.4, -0.2) is 14.1 Å². The Balaban J connectivity index is 2.15. The molecule has 0 atom stereocenters. The summed E-state index contributed by atoms with van der Waals surface area (Å²) in [5, 5.41) is 0. The number of alkyl halides is 3. The number of halogens is 3. The molecule has 4 heteroatoms. The third kappa shape index (κ3) is 4.49. The van der Waals surface area contributed by atoms with Crippen molar-refractivity contribution in [3.8, 4) is 0 Å². The maximum Gasteiger partial charge on any atom is 0.416 e. The lowest BCUT2D eigenvalue weighted by Crippen LogP contribution is -2.07. The van der Waals surface area contributed by atoms with Gasteiger partial charge in [0.05, 0.1) is 5.56 Å². The van der Waals surface area contributed by atoms with E-state index in [1.54, 1.807) is 12.1 Å². The minimum atomic E-state index is -4.35. The fourth-order valence-corrected chi connectivity index (χ4v) is 2.07. The Morgan fingerprint density at radius 2 is 1.70 bits per heavy atom. The largest absolute Gasteiger partial charge is 0.416 e. The summed E-state index contributed by atoms with van der Waals surface area (Å²) in [6.07, 6.45) is -0.787. The van der Waals surface area contributed by atoms with Gasteiger partial charge in [-0.25, -0.2) is 0 Å². The lowest BCUT2D eigenvalue weighted by molar-refractivity contribution is -0.137. The van der Waals surface area contributed by atoms with Gasteiger partial charge in [0, 0.05) is 19.8 Å². The van der Waals surface area contributed by atoms with Gasteiger partial charge in [0.1, 0.15) is 0 Å². The summed E-state index contributed by atoms with van der Waals surface area (Å²) >= 11 is 0. The first-order chi connectivity index (χ1) is 10.8. The van der Waals surface area contributed by atoms with Crippen LogP contribution in [0, 0.1) is 0 Å². The Labute approximate surface area is 134 Å². The molecule has 0 fully saturated rings. The number of benzene rings is 2. The predicted molar refractivity (Wildman–Crippen MR) is 90.3 cm³/mol. The summed E-state index contributed by atoms with van der Waals surface area (Å²) in [5.74, 6) is 0. The zero-order valence-corrected chi connectivity index (χ0v) is 13.1. The zero-order chi connectivity index (χ0) is 17.0. The van der Waals surface area contributed by atoms with Crippen LogP contribution in [0.25, 0.3) is 11.6 Å². The van der Waals surface area contributed by atoms with Crippen molar-refractivity contribution in [2.45, 2.75) is 6.18 Å². The molecule has 0 spiro atoms. The molecule has 0 saturated heterocycles. The highest BCUT2D eigenvalue weighted by atomic mass is 19.4. The second-order valence-electron chi connectivity index (χ2n) is 5.42. The molecule has 0 unspecified atom stereocenters. The second kappa shape index (κ2) is 6.73. The maximum atomic E-state index is 12.7. The first-order valence-corrected chi connectivity index (χ1v) is 7.09. The van der Waals surface area contributed by atoms with E-state index in [9.17, 15) is 13.2 Å². The molecule has 0 bridgehead atoms. The predicted octanol–water partition coefficient (Wildman–Crippen LogP) is 5.50. The molecule has 0 aliphatic carbocycles. The SMILES string of the molecule is C=C(/C=C/c1ccc(N(C)C)cc1)c1cccc(C(F)(F)F)c1. The molecular formula is C19H18F3N. The van der Waals surface area contributed by atoms with Gasteiger partial charge in [-0.05, 0) is 41.0 Å². The molecule has 0 saturated carbocycles. The third-order valence-corrected chi connectivity index (χ3v) is 3.45. The van der Waals surface area contributed by atoms with Crippen LogP contribution >= 0.6 is 0 Å². The number of hydrogen-bond donors (Lipinski definition) is 0. The maximum absolute atomic E-state index is 12.7. The smallest absolute Gasteiger partial charge is 0.378 e. The van der Waals surface area contributed by atoms with Gasteiger partial charge >= 0.3 is 6.18 Å². The van der Waals surface area contributed by atoms with Crippen LogP contribution in [0.1, 0.15) is 16.7 Å². The third-order valence-electron chi connectivity index (χ3n) is 3.45. The first kappa shape index (κ1) is 16.9. The number of anilines is 1. The molecule has 0 N–H and O–H groups in total. The van der Waals surface area contributed by atoms with Crippen molar-refractivity contribution in [1.82, 2.24) is 0 Å². The Kier molecular flexibility index (Phi) is 4.94. The van der Waals surface area contributed by atoms with E-state index in [2.05, 4.69) is 6.58 Å². The van der Waals surface area contributed by atoms with Gasteiger partial charge in [0.2, 0.25) is 0 Å². The van der Waals surface area contributed by atoms with Crippen LogP contribution in [0.5, 0.6) is 0 Å². The van der Waals surface area contributed by atoms with E-state index < -0.39 is 11.7 Å².